The molecule has 5 heteroatoms. The van der Waals surface area contributed by atoms with Gasteiger partial charge < -0.3 is 4.98 Å². The number of hydrogen-bond donors (Lipinski definition) is 1. The highest BCUT2D eigenvalue weighted by Gasteiger charge is 2.07. The Labute approximate surface area is 78.0 Å². The topological polar surface area (TPSA) is 63.0 Å². The van der Waals surface area contributed by atoms with E-state index in [0.29, 0.717) is 11.0 Å². The van der Waals surface area contributed by atoms with Gasteiger partial charge in [-0.25, -0.2) is 9.50 Å². The average Bonchev–Trinajstić information content (AvgIpc) is 2.57. The molecule has 0 saturated carbocycles. The fourth-order valence-electron chi connectivity index (χ4n) is 1.52. The number of aromatic nitrogens is 4. The molecule has 0 spiro atoms. The summed E-state index contributed by atoms with van der Waals surface area (Å²) in [5.74, 6) is 0. The van der Waals surface area contributed by atoms with E-state index in [0.717, 1.165) is 5.52 Å². The van der Waals surface area contributed by atoms with Crippen molar-refractivity contribution >= 4 is 16.6 Å². The van der Waals surface area contributed by atoms with Crippen molar-refractivity contribution in [3.63, 3.8) is 0 Å². The van der Waals surface area contributed by atoms with E-state index in [1.807, 2.05) is 18.2 Å². The Morgan fingerprint density at radius 2 is 2.29 bits per heavy atom. The van der Waals surface area contributed by atoms with Crippen molar-refractivity contribution in [3.05, 3.63) is 41.1 Å². The van der Waals surface area contributed by atoms with Gasteiger partial charge in [0, 0.05) is 6.20 Å². The van der Waals surface area contributed by atoms with Crippen LogP contribution < -0.4 is 5.56 Å². The molecular weight excluding hydrogens is 180 g/mol. The second-order valence-electron chi connectivity index (χ2n) is 2.96. The molecule has 3 aromatic rings. The Hall–Kier alpha value is -2.17. The zero-order valence-corrected chi connectivity index (χ0v) is 7.14. The molecule has 14 heavy (non-hydrogen) atoms. The molecule has 5 nitrogen and oxygen atoms in total. The average molecular weight is 186 g/mol. The molecule has 1 N–H and O–H groups in total. The van der Waals surface area contributed by atoms with Crippen molar-refractivity contribution in [1.82, 2.24) is 19.6 Å². The highest BCUT2D eigenvalue weighted by atomic mass is 16.1. The van der Waals surface area contributed by atoms with E-state index in [-0.39, 0.29) is 5.56 Å². The molecule has 3 heterocycles. The number of fused-ring (bicyclic) bond motifs is 3. The van der Waals surface area contributed by atoms with Gasteiger partial charge in [0.05, 0.1) is 11.8 Å². The minimum Gasteiger partial charge on any atom is -0.312 e. The molecule has 0 bridgehead atoms. The van der Waals surface area contributed by atoms with Crippen LogP contribution in [0.2, 0.25) is 0 Å². The first kappa shape index (κ1) is 7.25. The maximum Gasteiger partial charge on any atom is 0.262 e. The Morgan fingerprint density at radius 1 is 1.36 bits per heavy atom. The van der Waals surface area contributed by atoms with Gasteiger partial charge in [0.2, 0.25) is 0 Å². The lowest BCUT2D eigenvalue weighted by molar-refractivity contribution is 0.968. The third kappa shape index (κ3) is 0.806. The highest BCUT2D eigenvalue weighted by molar-refractivity contribution is 5.90. The van der Waals surface area contributed by atoms with Crippen molar-refractivity contribution in [2.45, 2.75) is 0 Å². The molecule has 0 amide bonds. The number of nitrogens with one attached hydrogen (secondary N) is 1. The summed E-state index contributed by atoms with van der Waals surface area (Å²) in [5.41, 5.74) is 1.09. The Balaban J connectivity index is 2.73. The normalized spacial score (nSPS) is 11.1. The molecule has 0 aliphatic rings. The van der Waals surface area contributed by atoms with Gasteiger partial charge in [-0.05, 0) is 12.1 Å². The first-order valence-electron chi connectivity index (χ1n) is 4.17. The largest absolute Gasteiger partial charge is 0.312 e. The zero-order valence-electron chi connectivity index (χ0n) is 7.14. The molecule has 0 fully saturated rings. The lowest BCUT2D eigenvalue weighted by Crippen LogP contribution is -2.04. The van der Waals surface area contributed by atoms with E-state index in [2.05, 4.69) is 15.1 Å². The molecule has 3 rings (SSSR count). The predicted octanol–water partition coefficient (Wildman–Crippen LogP) is 0.571. The zero-order chi connectivity index (χ0) is 9.54. The lowest BCUT2D eigenvalue weighted by Gasteiger charge is -1.88. The lowest BCUT2D eigenvalue weighted by atomic mass is 10.3. The number of aromatic amines is 1. The summed E-state index contributed by atoms with van der Waals surface area (Å²) >= 11 is 0. The van der Waals surface area contributed by atoms with E-state index in [1.165, 1.54) is 6.33 Å². The van der Waals surface area contributed by atoms with Crippen LogP contribution in [-0.2, 0) is 0 Å². The van der Waals surface area contributed by atoms with Gasteiger partial charge in [0.25, 0.3) is 5.56 Å². The maximum atomic E-state index is 11.5. The molecule has 0 atom stereocenters. The van der Waals surface area contributed by atoms with Gasteiger partial charge in [-0.15, -0.1) is 5.10 Å². The summed E-state index contributed by atoms with van der Waals surface area (Å²) in [6.45, 7) is 0. The predicted molar refractivity (Wildman–Crippen MR) is 51.1 cm³/mol. The highest BCUT2D eigenvalue weighted by Crippen LogP contribution is 2.11. The summed E-state index contributed by atoms with van der Waals surface area (Å²) < 4.78 is 1.65. The number of rotatable bonds is 0. The molecule has 0 unspecified atom stereocenters. The van der Waals surface area contributed by atoms with Gasteiger partial charge in [-0.3, -0.25) is 4.79 Å². The minimum absolute atomic E-state index is 0.156. The number of H-pyrrole nitrogens is 1. The van der Waals surface area contributed by atoms with Crippen LogP contribution in [0.5, 0.6) is 0 Å². The number of pyridine rings is 1. The molecule has 0 radical (unpaired) electrons. The Bertz CT molecular complexity index is 667. The molecular formula is C9H6N4O. The van der Waals surface area contributed by atoms with Crippen LogP contribution in [0, 0.1) is 0 Å². The van der Waals surface area contributed by atoms with E-state index >= 15 is 0 Å². The molecule has 0 saturated heterocycles. The molecule has 0 aliphatic heterocycles. The third-order valence-corrected chi connectivity index (χ3v) is 2.13. The standard InChI is InChI=1S/C9H6N4O/c14-9-7-6-3-1-2-4-13(6)12-8(7)10-5-11-9/h1-5H,(H,10,11,12,14). The van der Waals surface area contributed by atoms with Crippen LogP contribution in [0.3, 0.4) is 0 Å². The maximum absolute atomic E-state index is 11.5. The van der Waals surface area contributed by atoms with Crippen LogP contribution >= 0.6 is 0 Å². The molecule has 68 valence electrons. The van der Waals surface area contributed by atoms with Crippen molar-refractivity contribution in [3.8, 4) is 0 Å². The second kappa shape index (κ2) is 2.41. The Morgan fingerprint density at radius 3 is 3.21 bits per heavy atom. The second-order valence-corrected chi connectivity index (χ2v) is 2.96. The number of nitrogens with zero attached hydrogens (tertiary/aromatic N) is 3. The molecule has 0 aliphatic carbocycles. The number of hydrogen-bond acceptors (Lipinski definition) is 3. The van der Waals surface area contributed by atoms with E-state index < -0.39 is 0 Å². The van der Waals surface area contributed by atoms with E-state index in [4.69, 9.17) is 0 Å². The first-order chi connectivity index (χ1) is 6.86. The summed E-state index contributed by atoms with van der Waals surface area (Å²) in [7, 11) is 0. The van der Waals surface area contributed by atoms with Gasteiger partial charge in [0.1, 0.15) is 5.39 Å². The van der Waals surface area contributed by atoms with E-state index in [1.54, 1.807) is 10.7 Å². The first-order valence-corrected chi connectivity index (χ1v) is 4.17. The smallest absolute Gasteiger partial charge is 0.262 e. The summed E-state index contributed by atoms with van der Waals surface area (Å²) in [6, 6.07) is 5.56. The monoisotopic (exact) mass is 186 g/mol. The quantitative estimate of drug-likeness (QED) is 0.558. The van der Waals surface area contributed by atoms with E-state index in [9.17, 15) is 4.79 Å². The fourth-order valence-corrected chi connectivity index (χ4v) is 1.52. The van der Waals surface area contributed by atoms with Gasteiger partial charge in [0.15, 0.2) is 5.65 Å². The van der Waals surface area contributed by atoms with Gasteiger partial charge in [-0.1, -0.05) is 6.07 Å². The molecule has 3 aromatic heterocycles. The van der Waals surface area contributed by atoms with Crippen LogP contribution in [0.4, 0.5) is 0 Å². The summed E-state index contributed by atoms with van der Waals surface area (Å²) in [5, 5.41) is 4.70. The van der Waals surface area contributed by atoms with Crippen molar-refractivity contribution in [2.75, 3.05) is 0 Å². The Kier molecular flexibility index (Phi) is 1.25. The van der Waals surface area contributed by atoms with Crippen LogP contribution in [0.1, 0.15) is 0 Å². The van der Waals surface area contributed by atoms with Crippen LogP contribution in [-0.4, -0.2) is 19.6 Å². The third-order valence-electron chi connectivity index (χ3n) is 2.13. The van der Waals surface area contributed by atoms with Gasteiger partial charge in [-0.2, -0.15) is 0 Å². The fraction of sp³-hybridized carbons (Fsp3) is 0. The van der Waals surface area contributed by atoms with Crippen molar-refractivity contribution < 1.29 is 0 Å². The SMILES string of the molecule is O=c1[nH]cnc2nn3ccccc3c12. The van der Waals surface area contributed by atoms with Crippen LogP contribution in [0.25, 0.3) is 16.6 Å². The molecule has 0 aromatic carbocycles. The summed E-state index contributed by atoms with van der Waals surface area (Å²) in [6.07, 6.45) is 3.15. The van der Waals surface area contributed by atoms with Crippen LogP contribution in [0.15, 0.2) is 35.5 Å². The van der Waals surface area contributed by atoms with Crippen molar-refractivity contribution in [1.29, 1.82) is 0 Å². The van der Waals surface area contributed by atoms with Crippen molar-refractivity contribution in [2.24, 2.45) is 0 Å². The minimum atomic E-state index is -0.156. The summed E-state index contributed by atoms with van der Waals surface area (Å²) in [4.78, 5) is 18.0. The van der Waals surface area contributed by atoms with Gasteiger partial charge >= 0.3 is 0 Å².